The van der Waals surface area contributed by atoms with Crippen LogP contribution < -0.4 is 10.1 Å². The Bertz CT molecular complexity index is 1230. The lowest BCUT2D eigenvalue weighted by Crippen LogP contribution is -2.21. The smallest absolute Gasteiger partial charge is 0.262 e. The van der Waals surface area contributed by atoms with Crippen molar-refractivity contribution in [3.05, 3.63) is 94.2 Å². The number of fused-ring (bicyclic) bond motifs is 1. The van der Waals surface area contributed by atoms with Gasteiger partial charge in [-0.15, -0.1) is 0 Å². The fourth-order valence-corrected chi connectivity index (χ4v) is 3.42. The van der Waals surface area contributed by atoms with Crippen LogP contribution in [0, 0.1) is 0 Å². The summed E-state index contributed by atoms with van der Waals surface area (Å²) in [5.41, 5.74) is 1.25. The molecule has 1 heterocycles. The quantitative estimate of drug-likeness (QED) is 0.374. The molecule has 0 spiro atoms. The first-order valence-corrected chi connectivity index (χ1v) is 9.77. The van der Waals surface area contributed by atoms with Gasteiger partial charge in [-0.1, -0.05) is 65.7 Å². The van der Waals surface area contributed by atoms with Crippen molar-refractivity contribution >= 4 is 51.5 Å². The van der Waals surface area contributed by atoms with E-state index >= 15 is 0 Å². The Morgan fingerprint density at radius 3 is 2.43 bits per heavy atom. The molecule has 0 fully saturated rings. The Kier molecular flexibility index (Phi) is 5.74. The maximum absolute atomic E-state index is 13.0. The molecule has 0 unspecified atom stereocenters. The zero-order chi connectivity index (χ0) is 21.1. The third-order valence-corrected chi connectivity index (χ3v) is 4.89. The van der Waals surface area contributed by atoms with E-state index in [0.29, 0.717) is 38.0 Å². The molecule has 150 valence electrons. The van der Waals surface area contributed by atoms with Gasteiger partial charge in [0.1, 0.15) is 11.3 Å². The lowest BCUT2D eigenvalue weighted by Gasteiger charge is -2.09. The van der Waals surface area contributed by atoms with Gasteiger partial charge in [0.15, 0.2) is 12.4 Å². The van der Waals surface area contributed by atoms with Crippen molar-refractivity contribution in [1.82, 2.24) is 0 Å². The molecule has 4 aromatic rings. The Balaban J connectivity index is 1.60. The molecule has 3 aromatic carbocycles. The topological polar surface area (TPSA) is 68.5 Å². The number of halogens is 2. The van der Waals surface area contributed by atoms with Gasteiger partial charge < -0.3 is 14.5 Å². The number of nitrogens with one attached hydrogen (secondary N) is 1. The number of ketones is 1. The summed E-state index contributed by atoms with van der Waals surface area (Å²) in [6.07, 6.45) is 0. The van der Waals surface area contributed by atoms with E-state index in [-0.39, 0.29) is 18.2 Å². The minimum Gasteiger partial charge on any atom is -0.482 e. The van der Waals surface area contributed by atoms with Crippen LogP contribution in [0.3, 0.4) is 0 Å². The Morgan fingerprint density at radius 1 is 0.933 bits per heavy atom. The second-order valence-electron chi connectivity index (χ2n) is 6.41. The van der Waals surface area contributed by atoms with Gasteiger partial charge >= 0.3 is 0 Å². The van der Waals surface area contributed by atoms with E-state index in [2.05, 4.69) is 5.32 Å². The molecular formula is C23H15Cl2NO4. The van der Waals surface area contributed by atoms with Crippen LogP contribution in [0.15, 0.2) is 77.2 Å². The first-order chi connectivity index (χ1) is 14.5. The van der Waals surface area contributed by atoms with E-state index in [1.54, 1.807) is 60.7 Å². The molecule has 30 heavy (non-hydrogen) atoms. The highest BCUT2D eigenvalue weighted by atomic mass is 35.5. The summed E-state index contributed by atoms with van der Waals surface area (Å²) in [5.74, 6) is -0.410. The number of carbonyl (C=O) groups is 2. The lowest BCUT2D eigenvalue weighted by atomic mass is 10.1. The highest BCUT2D eigenvalue weighted by Gasteiger charge is 2.23. The molecule has 0 bridgehead atoms. The minimum atomic E-state index is -0.463. The van der Waals surface area contributed by atoms with Gasteiger partial charge in [-0.3, -0.25) is 9.59 Å². The maximum atomic E-state index is 13.0. The first kappa shape index (κ1) is 20.0. The number of rotatable bonds is 6. The molecule has 1 aromatic heterocycles. The van der Waals surface area contributed by atoms with Crippen LogP contribution >= 0.6 is 23.2 Å². The largest absolute Gasteiger partial charge is 0.482 e. The van der Waals surface area contributed by atoms with Crippen molar-refractivity contribution in [2.75, 3.05) is 11.9 Å². The number of furan rings is 1. The molecule has 0 aliphatic heterocycles. The number of carbonyl (C=O) groups excluding carboxylic acids is 2. The van der Waals surface area contributed by atoms with Crippen LogP contribution in [-0.2, 0) is 4.79 Å². The number of benzene rings is 3. The van der Waals surface area contributed by atoms with Crippen molar-refractivity contribution < 1.29 is 18.7 Å². The van der Waals surface area contributed by atoms with Crippen molar-refractivity contribution in [3.63, 3.8) is 0 Å². The van der Waals surface area contributed by atoms with Crippen LogP contribution in [0.2, 0.25) is 10.0 Å². The van der Waals surface area contributed by atoms with Crippen LogP contribution in [0.1, 0.15) is 16.1 Å². The molecule has 0 aliphatic carbocycles. The third kappa shape index (κ3) is 4.17. The van der Waals surface area contributed by atoms with E-state index in [4.69, 9.17) is 32.4 Å². The standard InChI is InChI=1S/C23H15Cl2NO4/c24-15-10-11-19(17(25)12-15)29-13-20(27)26-21-16-8-4-5-9-18(16)30-23(21)22(28)14-6-2-1-3-7-14/h1-12H,13H2,(H,26,27). The van der Waals surface area contributed by atoms with Crippen LogP contribution in [-0.4, -0.2) is 18.3 Å². The number of ether oxygens (including phenoxy) is 1. The van der Waals surface area contributed by atoms with E-state index < -0.39 is 5.91 Å². The van der Waals surface area contributed by atoms with Crippen LogP contribution in [0.5, 0.6) is 5.75 Å². The molecule has 5 nitrogen and oxygen atoms in total. The number of amides is 1. The third-order valence-electron chi connectivity index (χ3n) is 4.35. The molecule has 4 rings (SSSR count). The van der Waals surface area contributed by atoms with E-state index in [0.717, 1.165) is 0 Å². The summed E-state index contributed by atoms with van der Waals surface area (Å²) in [7, 11) is 0. The molecular weight excluding hydrogens is 425 g/mol. The summed E-state index contributed by atoms with van der Waals surface area (Å²) in [6, 6.07) is 20.5. The Hall–Kier alpha value is -3.28. The number of hydrogen-bond donors (Lipinski definition) is 1. The zero-order valence-electron chi connectivity index (χ0n) is 15.5. The second-order valence-corrected chi connectivity index (χ2v) is 7.25. The van der Waals surface area contributed by atoms with Crippen molar-refractivity contribution in [2.24, 2.45) is 0 Å². The van der Waals surface area contributed by atoms with Crippen molar-refractivity contribution in [1.29, 1.82) is 0 Å². The fourth-order valence-electron chi connectivity index (χ4n) is 2.96. The molecule has 0 saturated carbocycles. The molecule has 0 saturated heterocycles. The molecule has 0 aliphatic rings. The predicted molar refractivity (Wildman–Crippen MR) is 117 cm³/mol. The summed E-state index contributed by atoms with van der Waals surface area (Å²) >= 11 is 11.9. The van der Waals surface area contributed by atoms with Gasteiger partial charge in [0.25, 0.3) is 5.91 Å². The molecule has 0 atom stereocenters. The maximum Gasteiger partial charge on any atom is 0.262 e. The van der Waals surface area contributed by atoms with E-state index in [1.807, 2.05) is 6.07 Å². The fraction of sp³-hybridized carbons (Fsp3) is 0.0435. The van der Waals surface area contributed by atoms with Crippen molar-refractivity contribution in [3.8, 4) is 5.75 Å². The van der Waals surface area contributed by atoms with Gasteiger partial charge in [0, 0.05) is 16.0 Å². The average molecular weight is 440 g/mol. The average Bonchev–Trinajstić information content (AvgIpc) is 3.11. The number of hydrogen-bond acceptors (Lipinski definition) is 4. The molecule has 7 heteroatoms. The molecule has 1 N–H and O–H groups in total. The lowest BCUT2D eigenvalue weighted by molar-refractivity contribution is -0.118. The van der Waals surface area contributed by atoms with Crippen molar-refractivity contribution in [2.45, 2.75) is 0 Å². The second kappa shape index (κ2) is 8.61. The molecule has 1 amide bonds. The normalized spacial score (nSPS) is 10.7. The Morgan fingerprint density at radius 2 is 1.67 bits per heavy atom. The SMILES string of the molecule is O=C(COc1ccc(Cl)cc1Cl)Nc1c(C(=O)c2ccccc2)oc2ccccc12. The highest BCUT2D eigenvalue weighted by molar-refractivity contribution is 6.35. The zero-order valence-corrected chi connectivity index (χ0v) is 17.0. The summed E-state index contributed by atoms with van der Waals surface area (Å²) in [5, 5.41) is 4.12. The van der Waals surface area contributed by atoms with Gasteiger partial charge in [0.05, 0.1) is 10.7 Å². The summed E-state index contributed by atoms with van der Waals surface area (Å²) < 4.78 is 11.3. The van der Waals surface area contributed by atoms with E-state index in [9.17, 15) is 9.59 Å². The van der Waals surface area contributed by atoms with E-state index in [1.165, 1.54) is 6.07 Å². The van der Waals surface area contributed by atoms with Gasteiger partial charge in [-0.25, -0.2) is 0 Å². The summed E-state index contributed by atoms with van der Waals surface area (Å²) in [6.45, 7) is -0.306. The number of para-hydroxylation sites is 1. The minimum absolute atomic E-state index is 0.0558. The first-order valence-electron chi connectivity index (χ1n) is 9.02. The predicted octanol–water partition coefficient (Wildman–Crippen LogP) is 5.99. The molecule has 0 radical (unpaired) electrons. The van der Waals surface area contributed by atoms with Crippen LogP contribution in [0.4, 0.5) is 5.69 Å². The van der Waals surface area contributed by atoms with Gasteiger partial charge in [-0.05, 0) is 30.3 Å². The van der Waals surface area contributed by atoms with Gasteiger partial charge in [-0.2, -0.15) is 0 Å². The summed E-state index contributed by atoms with van der Waals surface area (Å²) in [4.78, 5) is 25.5. The van der Waals surface area contributed by atoms with Gasteiger partial charge in [0.2, 0.25) is 5.78 Å². The monoisotopic (exact) mass is 439 g/mol. The Labute approximate surface area is 182 Å². The number of anilines is 1. The van der Waals surface area contributed by atoms with Crippen LogP contribution in [0.25, 0.3) is 11.0 Å². The highest BCUT2D eigenvalue weighted by Crippen LogP contribution is 2.33.